The number of carbonyl (C=O) groups excluding carboxylic acids is 7. The van der Waals surface area contributed by atoms with E-state index in [2.05, 4.69) is 41.9 Å². The van der Waals surface area contributed by atoms with E-state index in [4.69, 9.17) is 28.7 Å². The average Bonchev–Trinajstić information content (AvgIpc) is 3.80. The number of thioether (sulfide) groups is 1. The zero-order valence-electron chi connectivity index (χ0n) is 40.3. The van der Waals surface area contributed by atoms with Gasteiger partial charge in [-0.25, -0.2) is 4.79 Å². The van der Waals surface area contributed by atoms with Crippen molar-refractivity contribution in [1.29, 1.82) is 0 Å². The van der Waals surface area contributed by atoms with Crippen LogP contribution in [0, 0.1) is 5.92 Å². The van der Waals surface area contributed by atoms with E-state index in [1.807, 2.05) is 13.8 Å². The van der Waals surface area contributed by atoms with Gasteiger partial charge in [-0.05, 0) is 81.8 Å². The fourth-order valence-corrected chi connectivity index (χ4v) is 7.88. The second kappa shape index (κ2) is 31.1. The van der Waals surface area contributed by atoms with Gasteiger partial charge in [-0.15, -0.1) is 0 Å². The molecule has 1 aliphatic heterocycles. The highest BCUT2D eigenvalue weighted by molar-refractivity contribution is 7.98. The molecule has 0 aromatic heterocycles. The molecule has 0 bridgehead atoms. The minimum atomic E-state index is -1.76. The van der Waals surface area contributed by atoms with Crippen LogP contribution in [0.3, 0.4) is 0 Å². The van der Waals surface area contributed by atoms with Crippen molar-refractivity contribution < 1.29 is 53.7 Å². The maximum Gasteiger partial charge on any atom is 0.326 e. The lowest BCUT2D eigenvalue weighted by atomic mass is 10.0. The van der Waals surface area contributed by atoms with Crippen molar-refractivity contribution >= 4 is 71.0 Å². The highest BCUT2D eigenvalue weighted by Crippen LogP contribution is 2.20. The highest BCUT2D eigenvalue weighted by atomic mass is 32.2. The molecule has 25 nitrogen and oxygen atoms in total. The molecule has 1 aromatic carbocycles. The van der Waals surface area contributed by atoms with Gasteiger partial charge < -0.3 is 80.8 Å². The summed E-state index contributed by atoms with van der Waals surface area (Å²) in [7, 11) is 0. The number of aliphatic hydroxyl groups is 2. The number of likely N-dealkylation sites (tertiary alicyclic amines) is 1. The van der Waals surface area contributed by atoms with E-state index in [-0.39, 0.29) is 82.4 Å². The van der Waals surface area contributed by atoms with E-state index in [1.165, 1.54) is 23.6 Å². The molecule has 1 fully saturated rings. The summed E-state index contributed by atoms with van der Waals surface area (Å²) in [5.74, 6) is -7.08. The minimum Gasteiger partial charge on any atom is -0.480 e. The first-order valence-corrected chi connectivity index (χ1v) is 24.5. The number of aliphatic hydroxyl groups excluding tert-OH is 2. The molecule has 0 radical (unpaired) electrons. The zero-order valence-corrected chi connectivity index (χ0v) is 41.1. The van der Waals surface area contributed by atoms with Gasteiger partial charge in [-0.1, -0.05) is 44.2 Å². The van der Waals surface area contributed by atoms with Crippen LogP contribution in [0.1, 0.15) is 77.7 Å². The predicted molar refractivity (Wildman–Crippen MR) is 263 cm³/mol. The van der Waals surface area contributed by atoms with Crippen LogP contribution in [-0.4, -0.2) is 172 Å². The lowest BCUT2D eigenvalue weighted by Gasteiger charge is -2.30. The van der Waals surface area contributed by atoms with E-state index < -0.39 is 108 Å². The number of nitrogens with one attached hydrogen (secondary N) is 6. The molecule has 26 heteroatoms. The van der Waals surface area contributed by atoms with Crippen molar-refractivity contribution in [3.63, 3.8) is 0 Å². The van der Waals surface area contributed by atoms with Crippen LogP contribution in [0.4, 0.5) is 0 Å². The van der Waals surface area contributed by atoms with Crippen molar-refractivity contribution in [2.75, 3.05) is 38.2 Å². The van der Waals surface area contributed by atoms with E-state index in [0.29, 0.717) is 24.2 Å². The Morgan fingerprint density at radius 2 is 1.21 bits per heavy atom. The molecule has 0 saturated carbocycles. The van der Waals surface area contributed by atoms with Crippen molar-refractivity contribution in [2.45, 2.75) is 133 Å². The maximum absolute atomic E-state index is 14.2. The molecule has 9 atom stereocenters. The lowest BCUT2D eigenvalue weighted by molar-refractivity contribution is -0.149. The van der Waals surface area contributed by atoms with Gasteiger partial charge in [0, 0.05) is 26.1 Å². The Kier molecular flexibility index (Phi) is 26.6. The van der Waals surface area contributed by atoms with E-state index >= 15 is 0 Å². The number of nitrogens with zero attached hydrogens (tertiary/aromatic N) is 3. The van der Waals surface area contributed by atoms with Crippen LogP contribution in [0.25, 0.3) is 0 Å². The lowest BCUT2D eigenvalue weighted by Crippen LogP contribution is -2.62. The molecule has 1 aromatic rings. The fourth-order valence-electron chi connectivity index (χ4n) is 7.41. The molecule has 0 aliphatic carbocycles. The molecular weight excluding hydrogens is 933 g/mol. The summed E-state index contributed by atoms with van der Waals surface area (Å²) in [4.78, 5) is 117. The van der Waals surface area contributed by atoms with Crippen molar-refractivity contribution in [2.24, 2.45) is 44.6 Å². The Balaban J connectivity index is 2.41. The van der Waals surface area contributed by atoms with Crippen molar-refractivity contribution in [3.05, 3.63) is 35.9 Å². The summed E-state index contributed by atoms with van der Waals surface area (Å²) in [5, 5.41) is 45.9. The molecule has 19 N–H and O–H groups in total. The average molecular weight is 1010 g/mol. The molecule has 0 spiro atoms. The highest BCUT2D eigenvalue weighted by Gasteiger charge is 2.39. The number of benzene rings is 1. The third-order valence-corrected chi connectivity index (χ3v) is 11.7. The van der Waals surface area contributed by atoms with Gasteiger partial charge in [-0.3, -0.25) is 43.5 Å². The van der Waals surface area contributed by atoms with Gasteiger partial charge in [0.05, 0.1) is 18.8 Å². The quantitative estimate of drug-likeness (QED) is 0.0191. The van der Waals surface area contributed by atoms with Crippen LogP contribution >= 0.6 is 11.8 Å². The van der Waals surface area contributed by atoms with E-state index in [0.717, 1.165) is 0 Å². The number of nitrogens with two attached hydrogens (primary N) is 5. The zero-order chi connectivity index (χ0) is 52.5. The Labute approximate surface area is 412 Å². The molecule has 0 unspecified atom stereocenters. The summed E-state index contributed by atoms with van der Waals surface area (Å²) in [6.07, 6.45) is 1.52. The second-order valence-corrected chi connectivity index (χ2v) is 18.3. The van der Waals surface area contributed by atoms with Crippen molar-refractivity contribution in [1.82, 2.24) is 36.8 Å². The van der Waals surface area contributed by atoms with Crippen LogP contribution in [0.15, 0.2) is 40.3 Å². The molecular formula is C44H74N14O11S. The number of hydrogen-bond donors (Lipinski definition) is 14. The first kappa shape index (κ1) is 59.9. The number of rotatable bonds is 31. The first-order chi connectivity index (χ1) is 33.1. The minimum absolute atomic E-state index is 0.0366. The maximum atomic E-state index is 14.2. The SMILES string of the molecule is CSCC[C@H](NC(=O)[C@@H](NC(=O)[C@H](CO)NC(=O)[C@H](Cc1ccccc1)NC(=O)[C@H](CCCN=C(N)N)NC(=O)[C@H](CCCN=C(N)N)NC(=O)[C@@H](N)CC(C)C)[C@@H](C)O)C(=O)N1CCC[C@H]1C(=O)O. The fraction of sp³-hybridized carbons (Fsp3) is 0.636. The Morgan fingerprint density at radius 1 is 0.714 bits per heavy atom. The van der Waals surface area contributed by atoms with Crippen LogP contribution in [0.2, 0.25) is 0 Å². The van der Waals surface area contributed by atoms with Crippen LogP contribution in [0.5, 0.6) is 0 Å². The molecule has 7 amide bonds. The Morgan fingerprint density at radius 3 is 1.71 bits per heavy atom. The molecule has 2 rings (SSSR count). The van der Waals surface area contributed by atoms with E-state index in [9.17, 15) is 53.7 Å². The van der Waals surface area contributed by atoms with Gasteiger partial charge in [0.15, 0.2) is 11.9 Å². The number of carbonyl (C=O) groups is 8. The topological polar surface area (TPSA) is 427 Å². The second-order valence-electron chi connectivity index (χ2n) is 17.3. The van der Waals surface area contributed by atoms with Gasteiger partial charge in [0.25, 0.3) is 0 Å². The Hall–Kier alpha value is -6.25. The van der Waals surface area contributed by atoms with Crippen LogP contribution in [-0.2, 0) is 44.8 Å². The predicted octanol–water partition coefficient (Wildman–Crippen LogP) is -4.18. The molecule has 1 saturated heterocycles. The standard InChI is InChI=1S/C44H74N14O11S/c1-24(2)21-27(45)35(61)52-28(13-8-17-50-43(46)47)36(62)53-29(14-9-18-51-44(48)49)37(63)55-31(22-26-11-6-5-7-12-26)38(64)56-32(23-59)39(65)57-34(25(3)60)40(66)54-30(16-20-70-4)41(67)58-19-10-15-33(58)42(68)69/h5-7,11-12,24-25,27-34,59-60H,8-10,13-23,45H2,1-4H3,(H,52,61)(H,53,62)(H,54,66)(H,55,63)(H,56,64)(H,57,65)(H,68,69)(H4,46,47,50)(H4,48,49,51)/t25-,27+,28+,29+,30+,31+,32+,33+,34+/m1/s1. The number of carboxylic acids is 1. The number of aliphatic carboxylic acids is 1. The molecule has 392 valence electrons. The van der Waals surface area contributed by atoms with Gasteiger partial charge in [-0.2, -0.15) is 11.8 Å². The summed E-state index contributed by atoms with van der Waals surface area (Å²) in [6, 6.07) is -2.29. The molecule has 1 aliphatic rings. The van der Waals surface area contributed by atoms with E-state index in [1.54, 1.807) is 36.6 Å². The summed E-state index contributed by atoms with van der Waals surface area (Å²) >= 11 is 1.38. The number of carboxylic acid groups (broad SMARTS) is 1. The first-order valence-electron chi connectivity index (χ1n) is 23.1. The Bertz CT molecular complexity index is 1950. The number of guanidine groups is 2. The van der Waals surface area contributed by atoms with Crippen molar-refractivity contribution in [3.8, 4) is 0 Å². The van der Waals surface area contributed by atoms with Gasteiger partial charge in [0.2, 0.25) is 41.4 Å². The smallest absolute Gasteiger partial charge is 0.326 e. The third-order valence-electron chi connectivity index (χ3n) is 11.1. The van der Waals surface area contributed by atoms with Crippen LogP contribution < -0.4 is 60.6 Å². The monoisotopic (exact) mass is 1010 g/mol. The number of hydrogen-bond acceptors (Lipinski definition) is 14. The molecule has 70 heavy (non-hydrogen) atoms. The summed E-state index contributed by atoms with van der Waals surface area (Å²) < 4.78 is 0. The number of amides is 7. The number of aliphatic imine (C=N–C) groups is 2. The molecule has 1 heterocycles. The summed E-state index contributed by atoms with van der Waals surface area (Å²) in [5.41, 5.74) is 28.6. The third kappa shape index (κ3) is 21.2. The normalized spacial score (nSPS) is 16.7. The largest absolute Gasteiger partial charge is 0.480 e. The van der Waals surface area contributed by atoms with Gasteiger partial charge >= 0.3 is 5.97 Å². The van der Waals surface area contributed by atoms with Gasteiger partial charge in [0.1, 0.15) is 42.3 Å². The summed E-state index contributed by atoms with van der Waals surface area (Å²) in [6.45, 7) is 4.27.